The second kappa shape index (κ2) is 6.83. The Kier molecular flexibility index (Phi) is 4.87. The lowest BCUT2D eigenvalue weighted by atomic mass is 9.98. The summed E-state index contributed by atoms with van der Waals surface area (Å²) in [5.41, 5.74) is 0.515. The van der Waals surface area contributed by atoms with E-state index in [9.17, 15) is 14.0 Å². The average molecular weight is 317 g/mol. The minimum atomic E-state index is -1.49. The van der Waals surface area contributed by atoms with E-state index in [2.05, 4.69) is 5.32 Å². The highest BCUT2D eigenvalue weighted by atomic mass is 35.5. The number of rotatable bonds is 4. The molecule has 1 unspecified atom stereocenters. The van der Waals surface area contributed by atoms with Crippen molar-refractivity contribution < 1.29 is 14.0 Å². The number of nitrogens with one attached hydrogen (secondary N) is 1. The number of Topliss-reactive ketones (excluding diaryl/α,β-unsaturated/α-hetero) is 1. The first-order chi connectivity index (χ1) is 10.5. The van der Waals surface area contributed by atoms with Gasteiger partial charge in [-0.2, -0.15) is 5.26 Å². The Balaban J connectivity index is 2.15. The normalized spacial score (nSPS) is 11.3. The minimum absolute atomic E-state index is 0.213. The SMILES string of the molecule is N#CC(C(=O)Nc1ccc(F)cc1)C(=O)c1ccc(Cl)cc1. The molecule has 2 aromatic rings. The van der Waals surface area contributed by atoms with Gasteiger partial charge in [-0.05, 0) is 48.5 Å². The molecule has 22 heavy (non-hydrogen) atoms. The predicted octanol–water partition coefficient (Wildman–Crippen LogP) is 3.44. The first kappa shape index (κ1) is 15.7. The van der Waals surface area contributed by atoms with Gasteiger partial charge in [-0.25, -0.2) is 4.39 Å². The Morgan fingerprint density at radius 1 is 1.09 bits per heavy atom. The van der Waals surface area contributed by atoms with Crippen LogP contribution in [-0.2, 0) is 4.79 Å². The molecule has 0 radical (unpaired) electrons. The van der Waals surface area contributed by atoms with E-state index in [0.29, 0.717) is 10.7 Å². The van der Waals surface area contributed by atoms with Gasteiger partial charge in [0.2, 0.25) is 5.91 Å². The number of ketones is 1. The van der Waals surface area contributed by atoms with Gasteiger partial charge in [-0.3, -0.25) is 9.59 Å². The van der Waals surface area contributed by atoms with Crippen LogP contribution in [0.5, 0.6) is 0 Å². The van der Waals surface area contributed by atoms with E-state index in [0.717, 1.165) is 12.1 Å². The predicted molar refractivity (Wildman–Crippen MR) is 79.9 cm³/mol. The molecule has 1 amide bonds. The van der Waals surface area contributed by atoms with Crippen molar-refractivity contribution in [1.82, 2.24) is 0 Å². The van der Waals surface area contributed by atoms with E-state index in [-0.39, 0.29) is 5.56 Å². The van der Waals surface area contributed by atoms with Crippen molar-refractivity contribution in [3.05, 3.63) is 64.9 Å². The van der Waals surface area contributed by atoms with Crippen molar-refractivity contribution >= 4 is 29.0 Å². The van der Waals surface area contributed by atoms with Gasteiger partial charge >= 0.3 is 0 Å². The summed E-state index contributed by atoms with van der Waals surface area (Å²) in [6, 6.07) is 12.6. The van der Waals surface area contributed by atoms with Crippen molar-refractivity contribution in [3.63, 3.8) is 0 Å². The van der Waals surface area contributed by atoms with Gasteiger partial charge in [0.25, 0.3) is 0 Å². The van der Waals surface area contributed by atoms with Crippen molar-refractivity contribution in [2.45, 2.75) is 0 Å². The molecule has 1 N–H and O–H groups in total. The van der Waals surface area contributed by atoms with Crippen molar-refractivity contribution in [3.8, 4) is 6.07 Å². The van der Waals surface area contributed by atoms with Crippen molar-refractivity contribution in [1.29, 1.82) is 5.26 Å². The van der Waals surface area contributed by atoms with E-state index >= 15 is 0 Å². The fourth-order valence-electron chi connectivity index (χ4n) is 1.76. The number of amides is 1. The zero-order valence-corrected chi connectivity index (χ0v) is 12.0. The summed E-state index contributed by atoms with van der Waals surface area (Å²) in [5.74, 6) is -3.34. The number of nitriles is 1. The smallest absolute Gasteiger partial charge is 0.249 e. The fourth-order valence-corrected chi connectivity index (χ4v) is 1.89. The average Bonchev–Trinajstić information content (AvgIpc) is 2.51. The van der Waals surface area contributed by atoms with Crippen molar-refractivity contribution in [2.75, 3.05) is 5.32 Å². The third-order valence-electron chi connectivity index (χ3n) is 2.89. The van der Waals surface area contributed by atoms with Crippen LogP contribution in [0.2, 0.25) is 5.02 Å². The van der Waals surface area contributed by atoms with Gasteiger partial charge in [0, 0.05) is 16.3 Å². The highest BCUT2D eigenvalue weighted by Gasteiger charge is 2.27. The Labute approximate surface area is 131 Å². The summed E-state index contributed by atoms with van der Waals surface area (Å²) < 4.78 is 12.8. The molecule has 0 aliphatic heterocycles. The molecule has 1 atom stereocenters. The molecule has 2 rings (SSSR count). The lowest BCUT2D eigenvalue weighted by molar-refractivity contribution is -0.117. The lowest BCUT2D eigenvalue weighted by Gasteiger charge is -2.09. The quantitative estimate of drug-likeness (QED) is 0.694. The van der Waals surface area contributed by atoms with E-state index in [1.165, 1.54) is 36.4 Å². The summed E-state index contributed by atoms with van der Waals surface area (Å²) in [5, 5.41) is 11.9. The molecule has 0 fully saturated rings. The molecule has 0 saturated carbocycles. The van der Waals surface area contributed by atoms with Crippen LogP contribution in [0, 0.1) is 23.1 Å². The number of carbonyl (C=O) groups is 2. The first-order valence-electron chi connectivity index (χ1n) is 6.27. The first-order valence-corrected chi connectivity index (χ1v) is 6.65. The van der Waals surface area contributed by atoms with Crippen LogP contribution in [-0.4, -0.2) is 11.7 Å². The molecule has 0 heterocycles. The number of halogens is 2. The summed E-state index contributed by atoms with van der Waals surface area (Å²) in [7, 11) is 0. The number of anilines is 1. The molecule has 0 aliphatic rings. The molecular formula is C16H10ClFN2O2. The van der Waals surface area contributed by atoms with Crippen LogP contribution in [0.4, 0.5) is 10.1 Å². The van der Waals surface area contributed by atoms with Gasteiger partial charge in [-0.15, -0.1) is 0 Å². The van der Waals surface area contributed by atoms with Crippen LogP contribution in [0.15, 0.2) is 48.5 Å². The summed E-state index contributed by atoms with van der Waals surface area (Å²) in [6.45, 7) is 0. The second-order valence-corrected chi connectivity index (χ2v) is 4.87. The number of hydrogen-bond acceptors (Lipinski definition) is 3. The third-order valence-corrected chi connectivity index (χ3v) is 3.15. The van der Waals surface area contributed by atoms with Gasteiger partial charge in [0.15, 0.2) is 11.7 Å². The second-order valence-electron chi connectivity index (χ2n) is 4.43. The van der Waals surface area contributed by atoms with Crippen molar-refractivity contribution in [2.24, 2.45) is 5.92 Å². The van der Waals surface area contributed by atoms with E-state index in [1.807, 2.05) is 0 Å². The molecule has 0 saturated heterocycles. The Bertz CT molecular complexity index is 736. The summed E-state index contributed by atoms with van der Waals surface area (Å²) in [4.78, 5) is 24.2. The summed E-state index contributed by atoms with van der Waals surface area (Å²) in [6.07, 6.45) is 0. The third kappa shape index (κ3) is 3.68. The van der Waals surface area contributed by atoms with E-state index in [4.69, 9.17) is 16.9 Å². The zero-order valence-electron chi connectivity index (χ0n) is 11.2. The van der Waals surface area contributed by atoms with Gasteiger partial charge in [0.05, 0.1) is 6.07 Å². The van der Waals surface area contributed by atoms with Crippen LogP contribution < -0.4 is 5.32 Å². The molecule has 0 bridgehead atoms. The Morgan fingerprint density at radius 2 is 1.68 bits per heavy atom. The highest BCUT2D eigenvalue weighted by molar-refractivity contribution is 6.30. The largest absolute Gasteiger partial charge is 0.325 e. The van der Waals surface area contributed by atoms with Crippen LogP contribution >= 0.6 is 11.6 Å². The van der Waals surface area contributed by atoms with E-state index < -0.39 is 23.4 Å². The maximum atomic E-state index is 12.8. The number of hydrogen-bond donors (Lipinski definition) is 1. The highest BCUT2D eigenvalue weighted by Crippen LogP contribution is 2.16. The molecule has 0 aromatic heterocycles. The Hall–Kier alpha value is -2.71. The minimum Gasteiger partial charge on any atom is -0.325 e. The number of benzene rings is 2. The standard InChI is InChI=1S/C16H10ClFN2O2/c17-11-3-1-10(2-4-11)15(21)14(9-19)16(22)20-13-7-5-12(18)6-8-13/h1-8,14H,(H,20,22). The molecule has 4 nitrogen and oxygen atoms in total. The monoisotopic (exact) mass is 316 g/mol. The maximum Gasteiger partial charge on any atom is 0.249 e. The molecular weight excluding hydrogens is 307 g/mol. The molecule has 0 spiro atoms. The number of carbonyl (C=O) groups excluding carboxylic acids is 2. The van der Waals surface area contributed by atoms with Gasteiger partial charge in [-0.1, -0.05) is 11.6 Å². The number of nitrogens with zero attached hydrogens (tertiary/aromatic N) is 1. The summed E-state index contributed by atoms with van der Waals surface area (Å²) >= 11 is 5.73. The van der Waals surface area contributed by atoms with Crippen LogP contribution in [0.1, 0.15) is 10.4 Å². The zero-order chi connectivity index (χ0) is 16.1. The molecule has 2 aromatic carbocycles. The van der Waals surface area contributed by atoms with Gasteiger partial charge in [0.1, 0.15) is 5.82 Å². The fraction of sp³-hybridized carbons (Fsp3) is 0.0625. The topological polar surface area (TPSA) is 70.0 Å². The van der Waals surface area contributed by atoms with Crippen LogP contribution in [0.25, 0.3) is 0 Å². The van der Waals surface area contributed by atoms with E-state index in [1.54, 1.807) is 6.07 Å². The maximum absolute atomic E-state index is 12.8. The van der Waals surface area contributed by atoms with Crippen LogP contribution in [0.3, 0.4) is 0 Å². The Morgan fingerprint density at radius 3 is 2.23 bits per heavy atom. The lowest BCUT2D eigenvalue weighted by Crippen LogP contribution is -2.28. The molecule has 110 valence electrons. The molecule has 0 aliphatic carbocycles. The molecule has 6 heteroatoms. The van der Waals surface area contributed by atoms with Gasteiger partial charge < -0.3 is 5.32 Å².